The molecule has 5 heteroatoms. The standard InChI is InChI=1S/C10H13FN2O2/c11-5-4-7-2-1-3-8(13-7)6-9(12)10(14)15/h1-3,9H,4-6,12H2,(H,14,15)/t9-/m1/s1. The number of nitrogens with zero attached hydrogens (tertiary/aromatic N) is 1. The van der Waals surface area contributed by atoms with Crippen LogP contribution in [0.25, 0.3) is 0 Å². The summed E-state index contributed by atoms with van der Waals surface area (Å²) in [4.78, 5) is 14.6. The van der Waals surface area contributed by atoms with Crippen molar-refractivity contribution in [2.75, 3.05) is 6.67 Å². The third kappa shape index (κ3) is 3.63. The summed E-state index contributed by atoms with van der Waals surface area (Å²) in [7, 11) is 0. The third-order valence-electron chi connectivity index (χ3n) is 1.96. The van der Waals surface area contributed by atoms with Gasteiger partial charge in [0.15, 0.2) is 0 Å². The summed E-state index contributed by atoms with van der Waals surface area (Å²) in [5, 5.41) is 8.60. The summed E-state index contributed by atoms with van der Waals surface area (Å²) in [6.07, 6.45) is 0.408. The lowest BCUT2D eigenvalue weighted by molar-refractivity contribution is -0.138. The van der Waals surface area contributed by atoms with E-state index in [4.69, 9.17) is 10.8 Å². The highest BCUT2D eigenvalue weighted by molar-refractivity contribution is 5.73. The summed E-state index contributed by atoms with van der Waals surface area (Å²) in [5.41, 5.74) is 6.56. The van der Waals surface area contributed by atoms with E-state index in [2.05, 4.69) is 4.98 Å². The second kappa shape index (κ2) is 5.41. The first-order valence-corrected chi connectivity index (χ1v) is 4.62. The molecule has 3 N–H and O–H groups in total. The number of nitrogens with two attached hydrogens (primary N) is 1. The van der Waals surface area contributed by atoms with Crippen LogP contribution in [0.1, 0.15) is 11.4 Å². The van der Waals surface area contributed by atoms with Gasteiger partial charge in [0, 0.05) is 24.2 Å². The van der Waals surface area contributed by atoms with Gasteiger partial charge in [0.1, 0.15) is 6.04 Å². The molecule has 0 unspecified atom stereocenters. The van der Waals surface area contributed by atoms with E-state index >= 15 is 0 Å². The number of carbonyl (C=O) groups is 1. The van der Waals surface area contributed by atoms with Crippen molar-refractivity contribution in [3.05, 3.63) is 29.6 Å². The summed E-state index contributed by atoms with van der Waals surface area (Å²) < 4.78 is 12.0. The van der Waals surface area contributed by atoms with E-state index in [0.717, 1.165) is 0 Å². The number of halogens is 1. The fourth-order valence-corrected chi connectivity index (χ4v) is 1.19. The second-order valence-electron chi connectivity index (χ2n) is 3.21. The van der Waals surface area contributed by atoms with Gasteiger partial charge in [0.2, 0.25) is 0 Å². The Morgan fingerprint density at radius 3 is 2.80 bits per heavy atom. The molecule has 0 saturated heterocycles. The van der Waals surface area contributed by atoms with Crippen molar-refractivity contribution in [1.29, 1.82) is 0 Å². The number of carboxylic acid groups (broad SMARTS) is 1. The molecule has 0 amide bonds. The van der Waals surface area contributed by atoms with E-state index in [1.807, 2.05) is 0 Å². The highest BCUT2D eigenvalue weighted by Gasteiger charge is 2.12. The van der Waals surface area contributed by atoms with Gasteiger partial charge < -0.3 is 10.8 Å². The molecule has 0 fully saturated rings. The molecule has 1 heterocycles. The van der Waals surface area contributed by atoms with Crippen LogP contribution in [0.5, 0.6) is 0 Å². The van der Waals surface area contributed by atoms with Crippen molar-refractivity contribution < 1.29 is 14.3 Å². The number of carboxylic acids is 1. The van der Waals surface area contributed by atoms with Gasteiger partial charge in [-0.1, -0.05) is 6.07 Å². The Balaban J connectivity index is 2.68. The van der Waals surface area contributed by atoms with Gasteiger partial charge in [-0.05, 0) is 12.1 Å². The average Bonchev–Trinajstić information content (AvgIpc) is 2.18. The molecule has 0 aliphatic carbocycles. The molecular formula is C10H13FN2O2. The van der Waals surface area contributed by atoms with E-state index in [9.17, 15) is 9.18 Å². The van der Waals surface area contributed by atoms with Gasteiger partial charge in [-0.2, -0.15) is 0 Å². The predicted octanol–water partition coefficient (Wildman–Crippen LogP) is 0.548. The van der Waals surface area contributed by atoms with Crippen molar-refractivity contribution in [1.82, 2.24) is 4.98 Å². The van der Waals surface area contributed by atoms with Crippen LogP contribution in [-0.4, -0.2) is 28.8 Å². The number of pyridine rings is 1. The van der Waals surface area contributed by atoms with Gasteiger partial charge in [-0.3, -0.25) is 14.2 Å². The zero-order chi connectivity index (χ0) is 11.3. The Labute approximate surface area is 86.9 Å². The van der Waals surface area contributed by atoms with Crippen LogP contribution < -0.4 is 5.73 Å². The number of hydrogen-bond acceptors (Lipinski definition) is 3. The van der Waals surface area contributed by atoms with Crippen molar-refractivity contribution >= 4 is 5.97 Å². The molecule has 1 rings (SSSR count). The number of aliphatic carboxylic acids is 1. The summed E-state index contributed by atoms with van der Waals surface area (Å²) >= 11 is 0. The van der Waals surface area contributed by atoms with Gasteiger partial charge in [0.05, 0.1) is 6.67 Å². The van der Waals surface area contributed by atoms with Crippen LogP contribution in [0.3, 0.4) is 0 Å². The van der Waals surface area contributed by atoms with E-state index in [1.165, 1.54) is 0 Å². The molecule has 0 bridgehead atoms. The average molecular weight is 212 g/mol. The lowest BCUT2D eigenvalue weighted by Gasteiger charge is -2.06. The zero-order valence-corrected chi connectivity index (χ0v) is 8.19. The molecular weight excluding hydrogens is 199 g/mol. The smallest absolute Gasteiger partial charge is 0.320 e. The molecule has 1 aromatic rings. The van der Waals surface area contributed by atoms with Gasteiger partial charge >= 0.3 is 5.97 Å². The van der Waals surface area contributed by atoms with E-state index in [-0.39, 0.29) is 12.8 Å². The van der Waals surface area contributed by atoms with Crippen LogP contribution in [0.4, 0.5) is 4.39 Å². The van der Waals surface area contributed by atoms with Crippen LogP contribution in [0, 0.1) is 0 Å². The number of hydrogen-bond donors (Lipinski definition) is 2. The molecule has 15 heavy (non-hydrogen) atoms. The number of rotatable bonds is 5. The maximum absolute atomic E-state index is 12.0. The third-order valence-corrected chi connectivity index (χ3v) is 1.96. The molecule has 4 nitrogen and oxygen atoms in total. The normalized spacial score (nSPS) is 12.4. The molecule has 0 aliphatic rings. The topological polar surface area (TPSA) is 76.2 Å². The molecule has 0 radical (unpaired) electrons. The lowest BCUT2D eigenvalue weighted by atomic mass is 10.1. The lowest BCUT2D eigenvalue weighted by Crippen LogP contribution is -2.32. The Bertz CT molecular complexity index is 344. The van der Waals surface area contributed by atoms with Crippen molar-refractivity contribution in [3.8, 4) is 0 Å². The predicted molar refractivity (Wildman–Crippen MR) is 53.2 cm³/mol. The maximum Gasteiger partial charge on any atom is 0.320 e. The SMILES string of the molecule is N[C@H](Cc1cccc(CCF)n1)C(=O)O. The number of alkyl halides is 1. The first-order valence-electron chi connectivity index (χ1n) is 4.62. The number of aromatic nitrogens is 1. The van der Waals surface area contributed by atoms with E-state index < -0.39 is 18.7 Å². The van der Waals surface area contributed by atoms with Gasteiger partial charge in [-0.25, -0.2) is 0 Å². The first kappa shape index (κ1) is 11.6. The fourth-order valence-electron chi connectivity index (χ4n) is 1.19. The summed E-state index contributed by atoms with van der Waals surface area (Å²) in [6.45, 7) is -0.471. The van der Waals surface area contributed by atoms with Crippen LogP contribution in [-0.2, 0) is 17.6 Å². The Morgan fingerprint density at radius 1 is 1.53 bits per heavy atom. The highest BCUT2D eigenvalue weighted by Crippen LogP contribution is 2.03. The van der Waals surface area contributed by atoms with Crippen molar-refractivity contribution in [2.45, 2.75) is 18.9 Å². The Morgan fingerprint density at radius 2 is 2.20 bits per heavy atom. The Kier molecular flexibility index (Phi) is 4.17. The first-order chi connectivity index (χ1) is 7.13. The molecule has 0 aromatic carbocycles. The van der Waals surface area contributed by atoms with Gasteiger partial charge in [0.25, 0.3) is 0 Å². The Hall–Kier alpha value is -1.49. The van der Waals surface area contributed by atoms with Gasteiger partial charge in [-0.15, -0.1) is 0 Å². The monoisotopic (exact) mass is 212 g/mol. The fraction of sp³-hybridized carbons (Fsp3) is 0.400. The minimum Gasteiger partial charge on any atom is -0.480 e. The van der Waals surface area contributed by atoms with Crippen LogP contribution in [0.2, 0.25) is 0 Å². The van der Waals surface area contributed by atoms with E-state index in [0.29, 0.717) is 11.4 Å². The maximum atomic E-state index is 12.0. The minimum atomic E-state index is -1.06. The molecule has 0 spiro atoms. The van der Waals surface area contributed by atoms with Crippen LogP contribution in [0.15, 0.2) is 18.2 Å². The quantitative estimate of drug-likeness (QED) is 0.747. The summed E-state index contributed by atoms with van der Waals surface area (Å²) in [5.74, 6) is -1.06. The summed E-state index contributed by atoms with van der Waals surface area (Å²) in [6, 6.07) is 4.15. The zero-order valence-electron chi connectivity index (χ0n) is 8.19. The number of aryl methyl sites for hydroxylation is 1. The van der Waals surface area contributed by atoms with Crippen molar-refractivity contribution in [2.24, 2.45) is 5.73 Å². The largest absolute Gasteiger partial charge is 0.480 e. The molecule has 1 atom stereocenters. The minimum absolute atomic E-state index is 0.162. The highest BCUT2D eigenvalue weighted by atomic mass is 19.1. The van der Waals surface area contributed by atoms with Crippen molar-refractivity contribution in [3.63, 3.8) is 0 Å². The molecule has 0 saturated carbocycles. The second-order valence-corrected chi connectivity index (χ2v) is 3.21. The van der Waals surface area contributed by atoms with E-state index in [1.54, 1.807) is 18.2 Å². The molecule has 82 valence electrons. The molecule has 1 aromatic heterocycles. The van der Waals surface area contributed by atoms with Crippen LogP contribution >= 0.6 is 0 Å². The molecule has 0 aliphatic heterocycles.